The van der Waals surface area contributed by atoms with Crippen molar-refractivity contribution in [3.8, 4) is 0 Å². The molecule has 102 valence electrons. The number of aliphatic hydroxyl groups excluding tert-OH is 1. The van der Waals surface area contributed by atoms with Crippen LogP contribution in [0, 0.1) is 0 Å². The van der Waals surface area contributed by atoms with Crippen molar-refractivity contribution < 1.29 is 5.11 Å². The van der Waals surface area contributed by atoms with Crippen LogP contribution in [-0.4, -0.2) is 39.2 Å². The lowest BCUT2D eigenvalue weighted by Gasteiger charge is -2.32. The Morgan fingerprint density at radius 2 is 2.16 bits per heavy atom. The molecule has 1 aromatic carbocycles. The Kier molecular flexibility index (Phi) is 4.95. The molecular weight excluding hydrogens is 260 g/mol. The topological polar surface area (TPSA) is 73.8 Å². The van der Waals surface area contributed by atoms with Crippen molar-refractivity contribution in [3.63, 3.8) is 0 Å². The Bertz CT molecular complexity index is 477. The molecule has 0 radical (unpaired) electrons. The summed E-state index contributed by atoms with van der Waals surface area (Å²) in [5.41, 5.74) is 0.611. The number of nitrogens with one attached hydrogen (secondary N) is 2. The lowest BCUT2D eigenvalue weighted by atomic mass is 9.92. The predicted molar refractivity (Wildman–Crippen MR) is 76.0 cm³/mol. The van der Waals surface area contributed by atoms with Gasteiger partial charge < -0.3 is 10.4 Å². The highest BCUT2D eigenvalue weighted by Gasteiger charge is 2.31. The van der Waals surface area contributed by atoms with Crippen molar-refractivity contribution in [1.82, 2.24) is 20.5 Å². The molecule has 5 nitrogen and oxygen atoms in total. The van der Waals surface area contributed by atoms with Crippen LogP contribution in [0.1, 0.15) is 12.5 Å². The van der Waals surface area contributed by atoms with Gasteiger partial charge in [0, 0.05) is 5.75 Å². The fourth-order valence-corrected chi connectivity index (χ4v) is 2.96. The van der Waals surface area contributed by atoms with Crippen molar-refractivity contribution in [2.75, 3.05) is 18.9 Å². The van der Waals surface area contributed by atoms with Crippen LogP contribution in [0.25, 0.3) is 0 Å². The summed E-state index contributed by atoms with van der Waals surface area (Å²) in [6, 6.07) is 9.99. The first kappa shape index (κ1) is 14.0. The Morgan fingerprint density at radius 1 is 1.37 bits per heavy atom. The standard InChI is InChI=1S/C13H18N4OS/c1-2-15-13(8-18,11-6-4-3-5-7-11)9-19-12-14-10-16-17-12/h3-7,10,15,18H,2,8-9H2,1H3,(H,14,16,17). The average molecular weight is 278 g/mol. The van der Waals surface area contributed by atoms with Gasteiger partial charge in [0.2, 0.25) is 0 Å². The maximum atomic E-state index is 9.87. The Hall–Kier alpha value is -1.37. The van der Waals surface area contributed by atoms with Gasteiger partial charge in [-0.25, -0.2) is 4.98 Å². The van der Waals surface area contributed by atoms with Gasteiger partial charge in [0.15, 0.2) is 5.16 Å². The number of benzene rings is 1. The molecule has 0 aliphatic heterocycles. The minimum Gasteiger partial charge on any atom is -0.394 e. The van der Waals surface area contributed by atoms with E-state index in [0.717, 1.165) is 17.3 Å². The van der Waals surface area contributed by atoms with Crippen LogP contribution in [0.2, 0.25) is 0 Å². The summed E-state index contributed by atoms with van der Waals surface area (Å²) < 4.78 is 0. The van der Waals surface area contributed by atoms with Gasteiger partial charge in [-0.1, -0.05) is 49.0 Å². The van der Waals surface area contributed by atoms with Gasteiger partial charge >= 0.3 is 0 Å². The molecule has 0 bridgehead atoms. The second kappa shape index (κ2) is 6.70. The monoisotopic (exact) mass is 278 g/mol. The SMILES string of the molecule is CCNC(CO)(CSc1ncn[nH]1)c1ccccc1. The third-order valence-electron chi connectivity index (χ3n) is 2.96. The molecule has 1 atom stereocenters. The average Bonchev–Trinajstić information content (AvgIpc) is 2.98. The molecule has 0 fully saturated rings. The van der Waals surface area contributed by atoms with E-state index in [2.05, 4.69) is 20.5 Å². The molecule has 1 aromatic heterocycles. The number of aliphatic hydroxyl groups is 1. The molecule has 2 rings (SSSR count). The third-order valence-corrected chi connectivity index (χ3v) is 4.07. The summed E-state index contributed by atoms with van der Waals surface area (Å²) in [6.07, 6.45) is 1.48. The van der Waals surface area contributed by atoms with Gasteiger partial charge in [-0.05, 0) is 12.1 Å². The van der Waals surface area contributed by atoms with Gasteiger partial charge in [-0.15, -0.1) is 0 Å². The maximum absolute atomic E-state index is 9.87. The number of aromatic amines is 1. The van der Waals surface area contributed by atoms with Crippen LogP contribution in [0.4, 0.5) is 0 Å². The number of aromatic nitrogens is 3. The summed E-state index contributed by atoms with van der Waals surface area (Å²) in [5.74, 6) is 0.677. The summed E-state index contributed by atoms with van der Waals surface area (Å²) in [4.78, 5) is 4.09. The van der Waals surface area contributed by atoms with Crippen LogP contribution < -0.4 is 5.32 Å². The minimum absolute atomic E-state index is 0.0337. The zero-order chi connectivity index (χ0) is 13.6. The molecular formula is C13H18N4OS. The van der Waals surface area contributed by atoms with Crippen LogP contribution in [0.15, 0.2) is 41.8 Å². The first-order chi connectivity index (χ1) is 9.30. The molecule has 19 heavy (non-hydrogen) atoms. The normalized spacial score (nSPS) is 14.2. The zero-order valence-electron chi connectivity index (χ0n) is 10.8. The van der Waals surface area contributed by atoms with E-state index in [1.807, 2.05) is 37.3 Å². The summed E-state index contributed by atoms with van der Waals surface area (Å²) in [5, 5.41) is 20.7. The molecule has 6 heteroatoms. The Morgan fingerprint density at radius 3 is 2.74 bits per heavy atom. The second-order valence-corrected chi connectivity index (χ2v) is 5.18. The molecule has 1 heterocycles. The molecule has 3 N–H and O–H groups in total. The van der Waals surface area contributed by atoms with Crippen LogP contribution in [-0.2, 0) is 5.54 Å². The van der Waals surface area contributed by atoms with E-state index in [1.165, 1.54) is 6.33 Å². The fraction of sp³-hybridized carbons (Fsp3) is 0.385. The largest absolute Gasteiger partial charge is 0.394 e. The molecule has 0 saturated carbocycles. The Balaban J connectivity index is 2.18. The number of hydrogen-bond donors (Lipinski definition) is 3. The van der Waals surface area contributed by atoms with Crippen LogP contribution in [0.3, 0.4) is 0 Å². The summed E-state index contributed by atoms with van der Waals surface area (Å²) in [7, 11) is 0. The van der Waals surface area contributed by atoms with Gasteiger partial charge in [0.05, 0.1) is 12.1 Å². The van der Waals surface area contributed by atoms with Crippen molar-refractivity contribution >= 4 is 11.8 Å². The van der Waals surface area contributed by atoms with E-state index in [-0.39, 0.29) is 6.61 Å². The highest BCUT2D eigenvalue weighted by Crippen LogP contribution is 2.27. The van der Waals surface area contributed by atoms with Crippen molar-refractivity contribution in [2.45, 2.75) is 17.6 Å². The van der Waals surface area contributed by atoms with E-state index >= 15 is 0 Å². The first-order valence-corrected chi connectivity index (χ1v) is 7.19. The van der Waals surface area contributed by atoms with E-state index in [4.69, 9.17) is 0 Å². The van der Waals surface area contributed by atoms with Crippen molar-refractivity contribution in [3.05, 3.63) is 42.2 Å². The van der Waals surface area contributed by atoms with Gasteiger partial charge in [0.25, 0.3) is 0 Å². The molecule has 0 saturated heterocycles. The first-order valence-electron chi connectivity index (χ1n) is 6.20. The van der Waals surface area contributed by atoms with Crippen LogP contribution in [0.5, 0.6) is 0 Å². The van der Waals surface area contributed by atoms with Crippen molar-refractivity contribution in [1.29, 1.82) is 0 Å². The quantitative estimate of drug-likeness (QED) is 0.668. The van der Waals surface area contributed by atoms with Crippen LogP contribution >= 0.6 is 11.8 Å². The highest BCUT2D eigenvalue weighted by atomic mass is 32.2. The fourth-order valence-electron chi connectivity index (χ4n) is 1.98. The predicted octanol–water partition coefficient (Wildman–Crippen LogP) is 1.39. The molecule has 1 unspecified atom stereocenters. The number of rotatable bonds is 7. The van der Waals surface area contributed by atoms with E-state index in [0.29, 0.717) is 5.75 Å². The van der Waals surface area contributed by atoms with E-state index in [9.17, 15) is 5.11 Å². The van der Waals surface area contributed by atoms with Gasteiger partial charge in [-0.2, -0.15) is 5.10 Å². The molecule has 2 aromatic rings. The smallest absolute Gasteiger partial charge is 0.183 e. The van der Waals surface area contributed by atoms with E-state index in [1.54, 1.807) is 11.8 Å². The number of H-pyrrole nitrogens is 1. The maximum Gasteiger partial charge on any atom is 0.183 e. The highest BCUT2D eigenvalue weighted by molar-refractivity contribution is 7.99. The summed E-state index contributed by atoms with van der Waals surface area (Å²) >= 11 is 1.54. The molecule has 0 spiro atoms. The lowest BCUT2D eigenvalue weighted by molar-refractivity contribution is 0.181. The number of thioether (sulfide) groups is 1. The second-order valence-electron chi connectivity index (χ2n) is 4.22. The Labute approximate surface area is 116 Å². The molecule has 0 aliphatic rings. The minimum atomic E-state index is -0.465. The number of nitrogens with zero attached hydrogens (tertiary/aromatic N) is 2. The zero-order valence-corrected chi connectivity index (χ0v) is 11.7. The molecule has 0 amide bonds. The van der Waals surface area contributed by atoms with E-state index < -0.39 is 5.54 Å². The summed E-state index contributed by atoms with van der Waals surface area (Å²) in [6.45, 7) is 2.85. The van der Waals surface area contributed by atoms with Gasteiger partial charge in [0.1, 0.15) is 6.33 Å². The van der Waals surface area contributed by atoms with Gasteiger partial charge in [-0.3, -0.25) is 5.10 Å². The third kappa shape index (κ3) is 3.34. The number of likely N-dealkylation sites (N-methyl/N-ethyl adjacent to an activating group) is 1. The number of hydrogen-bond acceptors (Lipinski definition) is 5. The van der Waals surface area contributed by atoms with Crippen molar-refractivity contribution in [2.24, 2.45) is 0 Å². The lowest BCUT2D eigenvalue weighted by Crippen LogP contribution is -2.47. The molecule has 0 aliphatic carbocycles.